The minimum atomic E-state index is 0.379. The van der Waals surface area contributed by atoms with Crippen LogP contribution in [-0.2, 0) is 12.8 Å². The maximum Gasteiger partial charge on any atom is 0.118 e. The van der Waals surface area contributed by atoms with Crippen LogP contribution in [0.3, 0.4) is 0 Å². The van der Waals surface area contributed by atoms with E-state index in [4.69, 9.17) is 9.68 Å². The molecule has 0 saturated heterocycles. The fourth-order valence-corrected chi connectivity index (χ4v) is 0.976. The smallest absolute Gasteiger partial charge is 0.118 e. The van der Waals surface area contributed by atoms with Gasteiger partial charge in [0.2, 0.25) is 0 Å². The molecule has 0 spiro atoms. The lowest BCUT2D eigenvalue weighted by atomic mass is 10.3. The summed E-state index contributed by atoms with van der Waals surface area (Å²) >= 11 is 0. The predicted molar refractivity (Wildman–Crippen MR) is 42.0 cm³/mol. The average Bonchev–Trinajstić information content (AvgIpc) is 2.38. The first kappa shape index (κ1) is 7.87. The van der Waals surface area contributed by atoms with Crippen molar-refractivity contribution < 1.29 is 4.42 Å². The molecule has 0 aliphatic carbocycles. The van der Waals surface area contributed by atoms with E-state index in [2.05, 4.69) is 6.92 Å². The highest BCUT2D eigenvalue weighted by molar-refractivity contribution is 5.10. The van der Waals surface area contributed by atoms with Crippen molar-refractivity contribution in [2.75, 3.05) is 0 Å². The van der Waals surface area contributed by atoms with Crippen molar-refractivity contribution in [2.45, 2.75) is 26.2 Å². The quantitative estimate of drug-likeness (QED) is 0.661. The first-order chi connectivity index (χ1) is 5.36. The van der Waals surface area contributed by atoms with Crippen LogP contribution in [-0.4, -0.2) is 0 Å². The molecule has 1 aromatic rings. The Labute approximate surface area is 66.4 Å². The second-order valence-electron chi connectivity index (χ2n) is 2.45. The summed E-state index contributed by atoms with van der Waals surface area (Å²) in [5.74, 6) is 1.76. The normalized spacial score (nSPS) is 9.45. The van der Waals surface area contributed by atoms with Gasteiger partial charge in [-0.3, -0.25) is 0 Å². The lowest BCUT2D eigenvalue weighted by molar-refractivity contribution is 0.473. The number of nitriles is 1. The van der Waals surface area contributed by atoms with Crippen molar-refractivity contribution in [3.05, 3.63) is 23.7 Å². The van der Waals surface area contributed by atoms with Gasteiger partial charge in [0.1, 0.15) is 11.5 Å². The SMILES string of the molecule is CCCc1ccc(CC#N)o1. The number of rotatable bonds is 3. The molecule has 0 N–H and O–H groups in total. The third-order valence-corrected chi connectivity index (χ3v) is 1.47. The molecule has 2 heteroatoms. The van der Waals surface area contributed by atoms with Crippen LogP contribution in [0.15, 0.2) is 16.5 Å². The summed E-state index contributed by atoms with van der Waals surface area (Å²) in [6.45, 7) is 2.10. The van der Waals surface area contributed by atoms with E-state index in [9.17, 15) is 0 Å². The van der Waals surface area contributed by atoms with E-state index in [1.807, 2.05) is 18.2 Å². The summed E-state index contributed by atoms with van der Waals surface area (Å²) < 4.78 is 5.34. The minimum absolute atomic E-state index is 0.379. The largest absolute Gasteiger partial charge is 0.465 e. The molecule has 0 atom stereocenters. The molecule has 2 nitrogen and oxygen atoms in total. The van der Waals surface area contributed by atoms with Crippen LogP contribution in [0.2, 0.25) is 0 Å². The van der Waals surface area contributed by atoms with Gasteiger partial charge in [-0.15, -0.1) is 0 Å². The van der Waals surface area contributed by atoms with Crippen LogP contribution in [0.25, 0.3) is 0 Å². The molecule has 58 valence electrons. The predicted octanol–water partition coefficient (Wildman–Crippen LogP) is 2.30. The van der Waals surface area contributed by atoms with E-state index in [1.54, 1.807) is 0 Å². The van der Waals surface area contributed by atoms with Crippen molar-refractivity contribution in [3.63, 3.8) is 0 Å². The van der Waals surface area contributed by atoms with Crippen LogP contribution in [0, 0.1) is 11.3 Å². The fourth-order valence-electron chi connectivity index (χ4n) is 0.976. The highest BCUT2D eigenvalue weighted by Gasteiger charge is 1.98. The standard InChI is InChI=1S/C9H11NO/c1-2-3-8-4-5-9(11-8)6-7-10/h4-5H,2-3,6H2,1H3. The summed E-state index contributed by atoms with van der Waals surface area (Å²) in [5.41, 5.74) is 0. The van der Waals surface area contributed by atoms with Crippen molar-refractivity contribution in [3.8, 4) is 6.07 Å². The van der Waals surface area contributed by atoms with E-state index in [0.717, 1.165) is 24.4 Å². The maximum absolute atomic E-state index is 8.35. The van der Waals surface area contributed by atoms with Gasteiger partial charge >= 0.3 is 0 Å². The summed E-state index contributed by atoms with van der Waals surface area (Å²) in [5, 5.41) is 8.35. The van der Waals surface area contributed by atoms with E-state index >= 15 is 0 Å². The van der Waals surface area contributed by atoms with Crippen LogP contribution < -0.4 is 0 Å². The maximum atomic E-state index is 8.35. The van der Waals surface area contributed by atoms with Gasteiger partial charge in [0.25, 0.3) is 0 Å². The lowest BCUT2D eigenvalue weighted by Crippen LogP contribution is -1.77. The second-order valence-corrected chi connectivity index (χ2v) is 2.45. The number of hydrogen-bond donors (Lipinski definition) is 0. The molecular weight excluding hydrogens is 138 g/mol. The molecule has 11 heavy (non-hydrogen) atoms. The van der Waals surface area contributed by atoms with Gasteiger partial charge in [0.05, 0.1) is 12.5 Å². The van der Waals surface area contributed by atoms with Gasteiger partial charge in [0, 0.05) is 6.42 Å². The molecule has 0 aliphatic rings. The minimum Gasteiger partial charge on any atom is -0.465 e. The van der Waals surface area contributed by atoms with Crippen LogP contribution >= 0.6 is 0 Å². The molecular formula is C9H11NO. The van der Waals surface area contributed by atoms with E-state index in [0.29, 0.717) is 6.42 Å². The Balaban J connectivity index is 2.60. The van der Waals surface area contributed by atoms with E-state index in [1.165, 1.54) is 0 Å². The summed E-state index contributed by atoms with van der Waals surface area (Å²) in [4.78, 5) is 0. The number of nitrogens with zero attached hydrogens (tertiary/aromatic N) is 1. The van der Waals surface area contributed by atoms with Crippen LogP contribution in [0.4, 0.5) is 0 Å². The molecule has 1 aromatic heterocycles. The number of hydrogen-bond acceptors (Lipinski definition) is 2. The molecule has 0 aliphatic heterocycles. The average molecular weight is 149 g/mol. The third-order valence-electron chi connectivity index (χ3n) is 1.47. The highest BCUT2D eigenvalue weighted by Crippen LogP contribution is 2.09. The number of aryl methyl sites for hydroxylation is 1. The first-order valence-electron chi connectivity index (χ1n) is 3.81. The molecule has 0 radical (unpaired) electrons. The van der Waals surface area contributed by atoms with Crippen molar-refractivity contribution in [1.82, 2.24) is 0 Å². The van der Waals surface area contributed by atoms with Crippen molar-refractivity contribution in [2.24, 2.45) is 0 Å². The van der Waals surface area contributed by atoms with Gasteiger partial charge in [-0.1, -0.05) is 6.92 Å². The first-order valence-corrected chi connectivity index (χ1v) is 3.81. The second kappa shape index (κ2) is 3.82. The Morgan fingerprint density at radius 2 is 2.18 bits per heavy atom. The number of furan rings is 1. The summed E-state index contributed by atoms with van der Waals surface area (Å²) in [6.07, 6.45) is 2.43. The molecule has 0 bridgehead atoms. The van der Waals surface area contributed by atoms with E-state index in [-0.39, 0.29) is 0 Å². The lowest BCUT2D eigenvalue weighted by Gasteiger charge is -1.89. The Morgan fingerprint density at radius 1 is 1.45 bits per heavy atom. The molecule has 0 unspecified atom stereocenters. The third kappa shape index (κ3) is 2.12. The Bertz CT molecular complexity index is 257. The van der Waals surface area contributed by atoms with Crippen molar-refractivity contribution >= 4 is 0 Å². The molecule has 1 rings (SSSR count). The van der Waals surface area contributed by atoms with Gasteiger partial charge < -0.3 is 4.42 Å². The fraction of sp³-hybridized carbons (Fsp3) is 0.444. The molecule has 0 fully saturated rings. The Morgan fingerprint density at radius 3 is 2.82 bits per heavy atom. The van der Waals surface area contributed by atoms with Crippen molar-refractivity contribution in [1.29, 1.82) is 5.26 Å². The van der Waals surface area contributed by atoms with E-state index < -0.39 is 0 Å². The highest BCUT2D eigenvalue weighted by atomic mass is 16.3. The van der Waals surface area contributed by atoms with Gasteiger partial charge in [-0.2, -0.15) is 5.26 Å². The molecule has 0 aromatic carbocycles. The zero-order chi connectivity index (χ0) is 8.10. The topological polar surface area (TPSA) is 36.9 Å². The van der Waals surface area contributed by atoms with Crippen LogP contribution in [0.1, 0.15) is 24.9 Å². The summed E-state index contributed by atoms with van der Waals surface area (Å²) in [6, 6.07) is 5.86. The molecule has 1 heterocycles. The van der Waals surface area contributed by atoms with Crippen LogP contribution in [0.5, 0.6) is 0 Å². The molecule has 0 amide bonds. The zero-order valence-corrected chi connectivity index (χ0v) is 6.63. The Hall–Kier alpha value is -1.23. The monoisotopic (exact) mass is 149 g/mol. The summed E-state index contributed by atoms with van der Waals surface area (Å²) in [7, 11) is 0. The zero-order valence-electron chi connectivity index (χ0n) is 6.63. The van der Waals surface area contributed by atoms with Gasteiger partial charge in [0.15, 0.2) is 0 Å². The van der Waals surface area contributed by atoms with Gasteiger partial charge in [-0.05, 0) is 18.6 Å². The van der Waals surface area contributed by atoms with Gasteiger partial charge in [-0.25, -0.2) is 0 Å². The molecule has 0 saturated carbocycles. The Kier molecular flexibility index (Phi) is 2.74.